The first kappa shape index (κ1) is 46.5. The van der Waals surface area contributed by atoms with Crippen molar-refractivity contribution in [3.63, 3.8) is 0 Å². The summed E-state index contributed by atoms with van der Waals surface area (Å²) in [6.07, 6.45) is 5.93. The first-order valence-corrected chi connectivity index (χ1v) is 19.0. The van der Waals surface area contributed by atoms with Crippen molar-refractivity contribution in [3.05, 3.63) is 70.8 Å². The quantitative estimate of drug-likeness (QED) is 0.0878. The normalized spacial score (nSPS) is 27.5. The van der Waals surface area contributed by atoms with Crippen LogP contribution in [0.15, 0.2) is 60.2 Å². The summed E-state index contributed by atoms with van der Waals surface area (Å²) in [6, 6.07) is 6.92. The van der Waals surface area contributed by atoms with Gasteiger partial charge in [-0.05, 0) is 89.6 Å². The molecule has 12 heteroatoms. The van der Waals surface area contributed by atoms with Crippen molar-refractivity contribution in [2.24, 2.45) is 5.92 Å². The highest BCUT2D eigenvalue weighted by Crippen LogP contribution is 2.29. The van der Waals surface area contributed by atoms with E-state index in [9.17, 15) is 30.0 Å². The number of rotatable bonds is 17. The number of ether oxygens (including phenoxy) is 4. The first-order valence-electron chi connectivity index (χ1n) is 18.7. The van der Waals surface area contributed by atoms with Gasteiger partial charge in [0, 0.05) is 44.7 Å². The molecule has 1 aliphatic rings. The van der Waals surface area contributed by atoms with Gasteiger partial charge in [-0.2, -0.15) is 0 Å². The molecule has 0 amide bonds. The van der Waals surface area contributed by atoms with E-state index in [1.165, 1.54) is 13.8 Å². The highest BCUT2D eigenvalue weighted by molar-refractivity contribution is 6.30. The van der Waals surface area contributed by atoms with Crippen LogP contribution in [0.3, 0.4) is 0 Å². The molecule has 53 heavy (non-hydrogen) atoms. The minimum absolute atomic E-state index is 0.0279. The third-order valence-corrected chi connectivity index (χ3v) is 10.1. The molecule has 0 saturated heterocycles. The van der Waals surface area contributed by atoms with Gasteiger partial charge in [0.2, 0.25) is 0 Å². The summed E-state index contributed by atoms with van der Waals surface area (Å²) in [5, 5.41) is 44.4. The van der Waals surface area contributed by atoms with Crippen molar-refractivity contribution >= 4 is 23.5 Å². The molecule has 11 nitrogen and oxygen atoms in total. The summed E-state index contributed by atoms with van der Waals surface area (Å²) >= 11 is 6.17. The predicted molar refractivity (Wildman–Crippen MR) is 206 cm³/mol. The zero-order valence-electron chi connectivity index (χ0n) is 33.0. The first-order chi connectivity index (χ1) is 24.8. The molecule has 2 rings (SSSR count). The van der Waals surface area contributed by atoms with Crippen LogP contribution in [0.2, 0.25) is 5.02 Å². The van der Waals surface area contributed by atoms with Crippen LogP contribution in [0.4, 0.5) is 0 Å². The molecule has 0 saturated carbocycles. The van der Waals surface area contributed by atoms with Crippen molar-refractivity contribution < 1.29 is 49.0 Å². The van der Waals surface area contributed by atoms with Gasteiger partial charge in [0.25, 0.3) is 0 Å². The van der Waals surface area contributed by atoms with Gasteiger partial charge in [0.15, 0.2) is 0 Å². The lowest BCUT2D eigenvalue weighted by atomic mass is 9.88. The number of allylic oxidation sites excluding steroid dienone is 2. The summed E-state index contributed by atoms with van der Waals surface area (Å²) in [4.78, 5) is 27.0. The summed E-state index contributed by atoms with van der Waals surface area (Å²) in [5.74, 6) is -1.57. The van der Waals surface area contributed by atoms with Gasteiger partial charge in [-0.15, -0.1) is 0 Å². The summed E-state index contributed by atoms with van der Waals surface area (Å²) in [6.45, 7) is 15.0. The fraction of sp³-hybridized carbons (Fsp3) is 0.659. The second-order valence-electron chi connectivity index (χ2n) is 14.8. The van der Waals surface area contributed by atoms with Gasteiger partial charge >= 0.3 is 11.9 Å². The van der Waals surface area contributed by atoms with Crippen molar-refractivity contribution in [1.82, 2.24) is 4.90 Å². The molecule has 0 aromatic heterocycles. The molecule has 10 atom stereocenters. The molecule has 0 radical (unpaired) electrons. The Bertz CT molecular complexity index is 1360. The number of hydrogen-bond acceptors (Lipinski definition) is 11. The third kappa shape index (κ3) is 15.2. The van der Waals surface area contributed by atoms with Crippen LogP contribution < -0.4 is 0 Å². The second-order valence-corrected chi connectivity index (χ2v) is 15.2. The average molecular weight is 766 g/mol. The number of cyclic esters (lactones) is 1. The zero-order valence-corrected chi connectivity index (χ0v) is 33.8. The summed E-state index contributed by atoms with van der Waals surface area (Å²) in [7, 11) is 1.65. The molecule has 0 bridgehead atoms. The van der Waals surface area contributed by atoms with Crippen LogP contribution in [0.25, 0.3) is 0 Å². The van der Waals surface area contributed by atoms with E-state index in [-0.39, 0.29) is 38.1 Å². The van der Waals surface area contributed by atoms with Gasteiger partial charge < -0.3 is 39.4 Å². The number of aliphatic hydroxyl groups excluding tert-OH is 2. The fourth-order valence-electron chi connectivity index (χ4n) is 6.96. The van der Waals surface area contributed by atoms with E-state index < -0.39 is 59.5 Å². The van der Waals surface area contributed by atoms with Crippen LogP contribution in [0.5, 0.6) is 0 Å². The molecule has 7 unspecified atom stereocenters. The Labute approximate surface area is 321 Å². The number of carbonyl (C=O) groups is 2. The van der Waals surface area contributed by atoms with Crippen molar-refractivity contribution in [2.45, 2.75) is 148 Å². The molecule has 0 fully saturated rings. The van der Waals surface area contributed by atoms with Crippen LogP contribution in [-0.4, -0.2) is 111 Å². The minimum Gasteiger partial charge on any atom is -0.457 e. The number of methoxy groups -OCH3 is 1. The lowest BCUT2D eigenvalue weighted by Crippen LogP contribution is -2.57. The van der Waals surface area contributed by atoms with E-state index in [0.29, 0.717) is 30.1 Å². The van der Waals surface area contributed by atoms with Gasteiger partial charge in [-0.1, -0.05) is 61.9 Å². The highest BCUT2D eigenvalue weighted by Gasteiger charge is 2.40. The van der Waals surface area contributed by atoms with E-state index in [0.717, 1.165) is 12.0 Å². The van der Waals surface area contributed by atoms with Crippen LogP contribution >= 0.6 is 11.6 Å². The molecule has 300 valence electrons. The van der Waals surface area contributed by atoms with E-state index in [2.05, 4.69) is 4.90 Å². The molecule has 1 heterocycles. The Morgan fingerprint density at radius 2 is 1.85 bits per heavy atom. The molecule has 1 aromatic carbocycles. The predicted octanol–water partition coefficient (Wildman–Crippen LogP) is 5.70. The molecule has 1 aliphatic heterocycles. The van der Waals surface area contributed by atoms with Gasteiger partial charge in [-0.3, -0.25) is 14.5 Å². The Morgan fingerprint density at radius 1 is 1.19 bits per heavy atom. The zero-order chi connectivity index (χ0) is 39.9. The number of halogens is 1. The Hall–Kier alpha value is -2.61. The van der Waals surface area contributed by atoms with Gasteiger partial charge in [0.05, 0.1) is 42.5 Å². The van der Waals surface area contributed by atoms with Crippen LogP contribution in [0, 0.1) is 5.92 Å². The highest BCUT2D eigenvalue weighted by atomic mass is 35.5. The molecule has 1 aromatic rings. The maximum atomic E-state index is 13.0. The number of hydrogen-bond donors (Lipinski definition) is 4. The molecular weight excluding hydrogens is 702 g/mol. The van der Waals surface area contributed by atoms with Crippen LogP contribution in [-0.2, 0) is 35.1 Å². The Kier molecular flexibility index (Phi) is 19.4. The molecule has 0 spiro atoms. The molecule has 0 aliphatic carbocycles. The maximum absolute atomic E-state index is 13.0. The lowest BCUT2D eigenvalue weighted by molar-refractivity contribution is -0.157. The van der Waals surface area contributed by atoms with E-state index >= 15 is 0 Å². The van der Waals surface area contributed by atoms with Crippen molar-refractivity contribution in [3.8, 4) is 0 Å². The average Bonchev–Trinajstić information content (AvgIpc) is 3.07. The Balaban J connectivity index is 2.54. The smallest absolute Gasteiger partial charge is 0.309 e. The van der Waals surface area contributed by atoms with Gasteiger partial charge in [-0.25, -0.2) is 0 Å². The molecular formula is C41H64ClNO10. The van der Waals surface area contributed by atoms with Crippen molar-refractivity contribution in [1.29, 1.82) is 0 Å². The topological polar surface area (TPSA) is 155 Å². The third-order valence-electron chi connectivity index (χ3n) is 9.86. The minimum atomic E-state index is -1.48. The number of benzene rings is 1. The van der Waals surface area contributed by atoms with Gasteiger partial charge in [0.1, 0.15) is 17.8 Å². The van der Waals surface area contributed by atoms with E-state index in [1.807, 2.05) is 52.0 Å². The number of carbonyl (C=O) groups excluding carboxylic acids is 2. The maximum Gasteiger partial charge on any atom is 0.309 e. The SMILES string of the molecule is CC[C@H](OC)C(C)OC(C)C(N(CCCO)Cc1ccc(Cl)cc1)C(C)(O)/C=C/C=C(\C)[C@H]1OC(=O)CC(O)CCC(C)(O)[C@@H](OC(C)=O)/C=C/C1C. The summed E-state index contributed by atoms with van der Waals surface area (Å²) in [5.41, 5.74) is -1.31. The summed E-state index contributed by atoms with van der Waals surface area (Å²) < 4.78 is 23.5. The van der Waals surface area contributed by atoms with Crippen molar-refractivity contribution in [2.75, 3.05) is 20.3 Å². The number of aliphatic hydroxyl groups is 4. The number of nitrogens with zero attached hydrogens (tertiary/aromatic N) is 1. The standard InChI is InChI=1S/C41H64ClNO10/c1-10-35(50-9)29(4)51-30(5)39(43(23-12-24-44)26-32-15-17-33(42)18-16-32)41(8,49)21-11-13-27(2)38-28(3)14-19-36(52-31(6)45)40(7,48)22-20-34(46)25-37(47)53-38/h11,13-19,21,28-30,34-36,38-39,44,46,48-49H,10,12,20,22-26H2,1-9H3/b19-14+,21-11+,27-13+/t28?,29?,30?,34?,35-,36-,38+,39?,40?,41?/m0/s1. The lowest BCUT2D eigenvalue weighted by Gasteiger charge is -2.44. The van der Waals surface area contributed by atoms with E-state index in [1.54, 1.807) is 51.3 Å². The molecule has 4 N–H and O–H groups in total. The van der Waals surface area contributed by atoms with E-state index in [4.69, 9.17) is 30.5 Å². The largest absolute Gasteiger partial charge is 0.457 e. The second kappa shape index (κ2) is 22.1. The Morgan fingerprint density at radius 3 is 2.43 bits per heavy atom. The van der Waals surface area contributed by atoms with Crippen LogP contribution in [0.1, 0.15) is 93.1 Å². The fourth-order valence-corrected chi connectivity index (χ4v) is 7.09. The monoisotopic (exact) mass is 765 g/mol. The number of esters is 2.